The third kappa shape index (κ3) is 4.88. The summed E-state index contributed by atoms with van der Waals surface area (Å²) in [6.07, 6.45) is 0. The van der Waals surface area contributed by atoms with Gasteiger partial charge in [0, 0.05) is 6.04 Å². The molecule has 3 nitrogen and oxygen atoms in total. The Morgan fingerprint density at radius 1 is 1.00 bits per heavy atom. The first-order valence-corrected chi connectivity index (χ1v) is 7.32. The summed E-state index contributed by atoms with van der Waals surface area (Å²) in [6, 6.07) is 18.3. The Morgan fingerprint density at radius 3 is 2.24 bits per heavy atom. The van der Waals surface area contributed by atoms with Crippen LogP contribution in [0.25, 0.3) is 0 Å². The van der Waals surface area contributed by atoms with Crippen molar-refractivity contribution in [3.05, 3.63) is 65.7 Å². The Hall–Kier alpha value is -1.84. The minimum absolute atomic E-state index is 0.0341. The number of aliphatic hydroxyl groups excluding tert-OH is 1. The summed E-state index contributed by atoms with van der Waals surface area (Å²) in [4.78, 5) is 0. The molecule has 0 radical (unpaired) electrons. The van der Waals surface area contributed by atoms with Crippen LogP contribution in [0.4, 0.5) is 0 Å². The van der Waals surface area contributed by atoms with E-state index in [4.69, 9.17) is 4.74 Å². The molecule has 0 saturated carbocycles. The molecule has 1 unspecified atom stereocenters. The van der Waals surface area contributed by atoms with E-state index >= 15 is 0 Å². The van der Waals surface area contributed by atoms with Gasteiger partial charge in [-0.15, -0.1) is 0 Å². The smallest absolute Gasteiger partial charge is 0.119 e. The summed E-state index contributed by atoms with van der Waals surface area (Å²) < 4.78 is 5.76. The Labute approximate surface area is 126 Å². The molecule has 112 valence electrons. The predicted molar refractivity (Wildman–Crippen MR) is 85.3 cm³/mol. The molecule has 0 aliphatic rings. The molecule has 2 N–H and O–H groups in total. The molecule has 3 heteroatoms. The third-order valence-corrected chi connectivity index (χ3v) is 3.25. The molecule has 0 aromatic heterocycles. The Bertz CT molecular complexity index is 523. The summed E-state index contributed by atoms with van der Waals surface area (Å²) in [6.45, 7) is 4.79. The van der Waals surface area contributed by atoms with E-state index in [0.29, 0.717) is 12.6 Å². The molecule has 0 aliphatic heterocycles. The molecule has 2 rings (SSSR count). The van der Waals surface area contributed by atoms with Gasteiger partial charge in [0.15, 0.2) is 0 Å². The van der Waals surface area contributed by atoms with Crippen LogP contribution in [-0.2, 0) is 6.61 Å². The van der Waals surface area contributed by atoms with E-state index in [1.807, 2.05) is 54.6 Å². The Morgan fingerprint density at radius 2 is 1.67 bits per heavy atom. The van der Waals surface area contributed by atoms with Gasteiger partial charge in [-0.1, -0.05) is 56.3 Å². The fourth-order valence-corrected chi connectivity index (χ4v) is 2.19. The van der Waals surface area contributed by atoms with E-state index in [-0.39, 0.29) is 12.6 Å². The molecule has 0 spiro atoms. The number of hydrogen-bond acceptors (Lipinski definition) is 3. The maximum absolute atomic E-state index is 9.46. The maximum atomic E-state index is 9.46. The number of nitrogens with one attached hydrogen (secondary N) is 1. The highest BCUT2D eigenvalue weighted by molar-refractivity contribution is 5.29. The number of ether oxygens (including phenoxy) is 1. The van der Waals surface area contributed by atoms with Crippen molar-refractivity contribution in [2.24, 2.45) is 0 Å². The van der Waals surface area contributed by atoms with Crippen LogP contribution in [0, 0.1) is 0 Å². The van der Waals surface area contributed by atoms with Gasteiger partial charge in [0.2, 0.25) is 0 Å². The molecular weight excluding hydrogens is 262 g/mol. The predicted octanol–water partition coefficient (Wildman–Crippen LogP) is 3.30. The first kappa shape index (κ1) is 15.5. The molecule has 0 saturated heterocycles. The van der Waals surface area contributed by atoms with Crippen molar-refractivity contribution in [2.75, 3.05) is 6.61 Å². The van der Waals surface area contributed by atoms with Gasteiger partial charge in [-0.05, 0) is 23.3 Å². The standard InChI is InChI=1S/C18H23NO2/c1-14(2)19-18(12-20)16-8-10-17(11-9-16)21-13-15-6-4-3-5-7-15/h3-11,14,18-20H,12-13H2,1-2H3. The van der Waals surface area contributed by atoms with Gasteiger partial charge in [0.25, 0.3) is 0 Å². The van der Waals surface area contributed by atoms with Crippen LogP contribution in [-0.4, -0.2) is 17.8 Å². The van der Waals surface area contributed by atoms with Crippen molar-refractivity contribution in [1.29, 1.82) is 0 Å². The molecule has 0 amide bonds. The van der Waals surface area contributed by atoms with Gasteiger partial charge >= 0.3 is 0 Å². The average molecular weight is 285 g/mol. The molecule has 21 heavy (non-hydrogen) atoms. The van der Waals surface area contributed by atoms with Gasteiger partial charge in [-0.2, -0.15) is 0 Å². The van der Waals surface area contributed by atoms with Crippen molar-refractivity contribution in [1.82, 2.24) is 5.32 Å². The minimum atomic E-state index is -0.0341. The first-order valence-electron chi connectivity index (χ1n) is 7.32. The molecule has 0 heterocycles. The highest BCUT2D eigenvalue weighted by Gasteiger charge is 2.11. The zero-order valence-corrected chi connectivity index (χ0v) is 12.6. The monoisotopic (exact) mass is 285 g/mol. The average Bonchev–Trinajstić information content (AvgIpc) is 2.52. The van der Waals surface area contributed by atoms with Gasteiger partial charge in [-0.3, -0.25) is 0 Å². The van der Waals surface area contributed by atoms with E-state index in [9.17, 15) is 5.11 Å². The van der Waals surface area contributed by atoms with Crippen LogP contribution in [0.15, 0.2) is 54.6 Å². The fourth-order valence-electron chi connectivity index (χ4n) is 2.19. The van der Waals surface area contributed by atoms with Crippen molar-refractivity contribution >= 4 is 0 Å². The summed E-state index contributed by atoms with van der Waals surface area (Å²) in [5, 5.41) is 12.8. The molecule has 0 aliphatic carbocycles. The van der Waals surface area contributed by atoms with E-state index in [2.05, 4.69) is 19.2 Å². The van der Waals surface area contributed by atoms with Crippen molar-refractivity contribution in [3.8, 4) is 5.75 Å². The molecule has 2 aromatic rings. The summed E-state index contributed by atoms with van der Waals surface area (Å²) in [7, 11) is 0. The quantitative estimate of drug-likeness (QED) is 0.820. The number of hydrogen-bond donors (Lipinski definition) is 2. The summed E-state index contributed by atoms with van der Waals surface area (Å²) in [5.74, 6) is 0.837. The first-order chi connectivity index (χ1) is 10.2. The molecule has 1 atom stereocenters. The second kappa shape index (κ2) is 7.81. The van der Waals surface area contributed by atoms with Crippen LogP contribution in [0.1, 0.15) is 31.0 Å². The molecule has 2 aromatic carbocycles. The molecule has 0 fully saturated rings. The number of aliphatic hydroxyl groups is 1. The van der Waals surface area contributed by atoms with Crippen molar-refractivity contribution in [3.63, 3.8) is 0 Å². The van der Waals surface area contributed by atoms with Gasteiger partial charge < -0.3 is 15.2 Å². The third-order valence-electron chi connectivity index (χ3n) is 3.25. The van der Waals surface area contributed by atoms with Crippen LogP contribution in [0.3, 0.4) is 0 Å². The number of rotatable bonds is 7. The lowest BCUT2D eigenvalue weighted by Gasteiger charge is -2.19. The van der Waals surface area contributed by atoms with Crippen LogP contribution in [0.5, 0.6) is 5.75 Å². The second-order valence-electron chi connectivity index (χ2n) is 5.40. The number of benzene rings is 2. The van der Waals surface area contributed by atoms with Crippen LogP contribution in [0.2, 0.25) is 0 Å². The van der Waals surface area contributed by atoms with Crippen LogP contribution >= 0.6 is 0 Å². The van der Waals surface area contributed by atoms with E-state index in [1.54, 1.807) is 0 Å². The Balaban J connectivity index is 1.95. The second-order valence-corrected chi connectivity index (χ2v) is 5.40. The Kier molecular flexibility index (Phi) is 5.78. The minimum Gasteiger partial charge on any atom is -0.489 e. The largest absolute Gasteiger partial charge is 0.489 e. The highest BCUT2D eigenvalue weighted by atomic mass is 16.5. The maximum Gasteiger partial charge on any atom is 0.119 e. The van der Waals surface area contributed by atoms with Gasteiger partial charge in [-0.25, -0.2) is 0 Å². The lowest BCUT2D eigenvalue weighted by molar-refractivity contribution is 0.237. The lowest BCUT2D eigenvalue weighted by atomic mass is 10.1. The van der Waals surface area contributed by atoms with Crippen molar-refractivity contribution in [2.45, 2.75) is 32.5 Å². The van der Waals surface area contributed by atoms with Gasteiger partial charge in [0.05, 0.1) is 12.6 Å². The van der Waals surface area contributed by atoms with Gasteiger partial charge in [0.1, 0.15) is 12.4 Å². The normalized spacial score (nSPS) is 12.4. The molecular formula is C18H23NO2. The fraction of sp³-hybridized carbons (Fsp3) is 0.333. The van der Waals surface area contributed by atoms with E-state index in [1.165, 1.54) is 0 Å². The highest BCUT2D eigenvalue weighted by Crippen LogP contribution is 2.19. The lowest BCUT2D eigenvalue weighted by Crippen LogP contribution is -2.30. The topological polar surface area (TPSA) is 41.5 Å². The summed E-state index contributed by atoms with van der Waals surface area (Å²) >= 11 is 0. The van der Waals surface area contributed by atoms with Crippen LogP contribution < -0.4 is 10.1 Å². The van der Waals surface area contributed by atoms with Crippen molar-refractivity contribution < 1.29 is 9.84 Å². The molecule has 0 bridgehead atoms. The zero-order chi connectivity index (χ0) is 15.1. The van der Waals surface area contributed by atoms with E-state index < -0.39 is 0 Å². The summed E-state index contributed by atoms with van der Waals surface area (Å²) in [5.41, 5.74) is 2.22. The van der Waals surface area contributed by atoms with E-state index in [0.717, 1.165) is 16.9 Å². The zero-order valence-electron chi connectivity index (χ0n) is 12.6. The SMILES string of the molecule is CC(C)NC(CO)c1ccc(OCc2ccccc2)cc1.